The van der Waals surface area contributed by atoms with E-state index in [-0.39, 0.29) is 41.1 Å². The Labute approximate surface area is 149 Å². The number of nitrogens with zero attached hydrogens (tertiary/aromatic N) is 1. The van der Waals surface area contributed by atoms with E-state index in [9.17, 15) is 13.2 Å². The van der Waals surface area contributed by atoms with E-state index in [1.54, 1.807) is 26.0 Å². The van der Waals surface area contributed by atoms with E-state index < -0.39 is 11.6 Å². The quantitative estimate of drug-likeness (QED) is 0.776. The first kappa shape index (κ1) is 18.0. The fourth-order valence-corrected chi connectivity index (χ4v) is 3.44. The molecule has 3 nitrogen and oxygen atoms in total. The molecule has 1 aromatic heterocycles. The van der Waals surface area contributed by atoms with Crippen molar-refractivity contribution in [3.05, 3.63) is 52.7 Å². The number of nitrogens with one attached hydrogen (secondary N) is 1. The maximum Gasteiger partial charge on any atom is 0.402 e. The van der Waals surface area contributed by atoms with Crippen LogP contribution in [0, 0.1) is 0 Å². The number of hydrogen-bond acceptors (Lipinski definition) is 3. The Kier molecular flexibility index (Phi) is 4.68. The second kappa shape index (κ2) is 6.50. The van der Waals surface area contributed by atoms with E-state index in [1.165, 1.54) is 24.4 Å². The van der Waals surface area contributed by atoms with Crippen molar-refractivity contribution < 1.29 is 17.9 Å². The van der Waals surface area contributed by atoms with Gasteiger partial charge in [-0.1, -0.05) is 17.7 Å². The highest BCUT2D eigenvalue weighted by atomic mass is 35.5. The summed E-state index contributed by atoms with van der Waals surface area (Å²) >= 11 is 6.02. The Hall–Kier alpha value is -1.79. The molecule has 0 fully saturated rings. The minimum absolute atomic E-state index is 0.0303. The van der Waals surface area contributed by atoms with Crippen LogP contribution in [-0.2, 0) is 10.2 Å². The van der Waals surface area contributed by atoms with Crippen molar-refractivity contribution >= 4 is 23.1 Å². The van der Waals surface area contributed by atoms with E-state index in [1.807, 2.05) is 0 Å². The SMILES string of the molecule is CC(C)OCCC1(C(F)(F)F)c2cc(Cl)ccc2Nc2ncccc21. The maximum absolute atomic E-state index is 14.5. The fraction of sp³-hybridized carbons (Fsp3) is 0.389. The van der Waals surface area contributed by atoms with E-state index in [4.69, 9.17) is 16.3 Å². The zero-order chi connectivity index (χ0) is 18.2. The van der Waals surface area contributed by atoms with Crippen molar-refractivity contribution in [2.45, 2.75) is 38.0 Å². The Bertz CT molecular complexity index is 779. The van der Waals surface area contributed by atoms with Crippen molar-refractivity contribution in [2.24, 2.45) is 0 Å². The Morgan fingerprint density at radius 3 is 2.68 bits per heavy atom. The standard InChI is InChI=1S/C18H18ClF3N2O/c1-11(2)25-9-7-17(18(20,21)22)13-4-3-8-23-16(13)24-15-6-5-12(19)10-14(15)17/h3-6,8,10-11H,7,9H2,1-2H3,(H,23,24). The molecule has 1 N–H and O–H groups in total. The van der Waals surface area contributed by atoms with Gasteiger partial charge in [0.05, 0.1) is 6.10 Å². The van der Waals surface area contributed by atoms with Crippen LogP contribution in [-0.4, -0.2) is 23.9 Å². The molecule has 0 saturated heterocycles. The molecule has 0 spiro atoms. The van der Waals surface area contributed by atoms with E-state index in [0.29, 0.717) is 5.69 Å². The first-order chi connectivity index (χ1) is 11.8. The largest absolute Gasteiger partial charge is 0.402 e. The zero-order valence-electron chi connectivity index (χ0n) is 13.8. The first-order valence-corrected chi connectivity index (χ1v) is 8.34. The normalized spacial score (nSPS) is 19.3. The molecule has 1 aliphatic heterocycles. The van der Waals surface area contributed by atoms with E-state index in [2.05, 4.69) is 10.3 Å². The van der Waals surface area contributed by atoms with Gasteiger partial charge in [-0.2, -0.15) is 13.2 Å². The van der Waals surface area contributed by atoms with Gasteiger partial charge in [-0.25, -0.2) is 4.98 Å². The second-order valence-corrected chi connectivity index (χ2v) is 6.72. The third-order valence-electron chi connectivity index (χ3n) is 4.37. The number of fused-ring (bicyclic) bond motifs is 2. The van der Waals surface area contributed by atoms with Crippen LogP contribution in [0.5, 0.6) is 0 Å². The second-order valence-electron chi connectivity index (χ2n) is 6.29. The topological polar surface area (TPSA) is 34.1 Å². The molecule has 2 heterocycles. The van der Waals surface area contributed by atoms with Crippen molar-refractivity contribution in [3.63, 3.8) is 0 Å². The summed E-state index contributed by atoms with van der Waals surface area (Å²) in [4.78, 5) is 4.11. The van der Waals surface area contributed by atoms with Crippen LogP contribution in [0.4, 0.5) is 24.7 Å². The monoisotopic (exact) mass is 370 g/mol. The summed E-state index contributed by atoms with van der Waals surface area (Å²) in [5.41, 5.74) is -1.68. The Balaban J connectivity index is 2.22. The smallest absolute Gasteiger partial charge is 0.379 e. The van der Waals surface area contributed by atoms with Gasteiger partial charge in [0, 0.05) is 29.1 Å². The van der Waals surface area contributed by atoms with Crippen LogP contribution in [0.15, 0.2) is 36.5 Å². The molecule has 134 valence electrons. The van der Waals surface area contributed by atoms with Crippen molar-refractivity contribution in [3.8, 4) is 0 Å². The molecule has 0 radical (unpaired) electrons. The molecule has 1 aromatic carbocycles. The highest BCUT2D eigenvalue weighted by Gasteiger charge is 2.60. The summed E-state index contributed by atoms with van der Waals surface area (Å²) in [5.74, 6) is 0.208. The number of ether oxygens (including phenoxy) is 1. The molecule has 2 aromatic rings. The lowest BCUT2D eigenvalue weighted by Gasteiger charge is -2.42. The molecule has 0 saturated carbocycles. The predicted molar refractivity (Wildman–Crippen MR) is 91.5 cm³/mol. The molecule has 1 unspecified atom stereocenters. The molecule has 0 aliphatic carbocycles. The van der Waals surface area contributed by atoms with Crippen LogP contribution >= 0.6 is 11.6 Å². The summed E-state index contributed by atoms with van der Waals surface area (Å²) in [6.07, 6.45) is -3.47. The number of halogens is 4. The number of alkyl halides is 3. The number of anilines is 2. The highest BCUT2D eigenvalue weighted by Crippen LogP contribution is 2.55. The van der Waals surface area contributed by atoms with E-state index >= 15 is 0 Å². The molecule has 0 amide bonds. The lowest BCUT2D eigenvalue weighted by Crippen LogP contribution is -2.47. The van der Waals surface area contributed by atoms with Crippen molar-refractivity contribution in [1.82, 2.24) is 4.98 Å². The highest BCUT2D eigenvalue weighted by molar-refractivity contribution is 6.30. The first-order valence-electron chi connectivity index (χ1n) is 7.96. The molecular weight excluding hydrogens is 353 g/mol. The average Bonchev–Trinajstić information content (AvgIpc) is 2.53. The Morgan fingerprint density at radius 2 is 2.00 bits per heavy atom. The molecule has 7 heteroatoms. The molecule has 25 heavy (non-hydrogen) atoms. The molecule has 1 aliphatic rings. The summed E-state index contributed by atoms with van der Waals surface area (Å²) < 4.78 is 48.8. The van der Waals surface area contributed by atoms with Gasteiger partial charge in [-0.3, -0.25) is 0 Å². The van der Waals surface area contributed by atoms with Gasteiger partial charge in [-0.15, -0.1) is 0 Å². The van der Waals surface area contributed by atoms with Crippen LogP contribution < -0.4 is 5.32 Å². The summed E-state index contributed by atoms with van der Waals surface area (Å²) in [6, 6.07) is 7.47. The van der Waals surface area contributed by atoms with Crippen LogP contribution in [0.2, 0.25) is 5.02 Å². The lowest BCUT2D eigenvalue weighted by atomic mass is 9.69. The summed E-state index contributed by atoms with van der Waals surface area (Å²) in [7, 11) is 0. The predicted octanol–water partition coefficient (Wildman–Crippen LogP) is 5.46. The summed E-state index contributed by atoms with van der Waals surface area (Å²) in [5, 5.41) is 3.24. The van der Waals surface area contributed by atoms with Gasteiger partial charge in [0.1, 0.15) is 11.2 Å². The number of pyridine rings is 1. The zero-order valence-corrected chi connectivity index (χ0v) is 14.6. The number of hydrogen-bond donors (Lipinski definition) is 1. The van der Waals surface area contributed by atoms with Gasteiger partial charge >= 0.3 is 6.18 Å². The minimum atomic E-state index is -4.54. The van der Waals surface area contributed by atoms with Gasteiger partial charge in [0.25, 0.3) is 0 Å². The number of benzene rings is 1. The Morgan fingerprint density at radius 1 is 1.24 bits per heavy atom. The maximum atomic E-state index is 14.5. The fourth-order valence-electron chi connectivity index (χ4n) is 3.26. The number of rotatable bonds is 4. The molecular formula is C18H18ClF3N2O. The van der Waals surface area contributed by atoms with Gasteiger partial charge in [0.2, 0.25) is 0 Å². The van der Waals surface area contributed by atoms with Crippen LogP contribution in [0.25, 0.3) is 0 Å². The third-order valence-corrected chi connectivity index (χ3v) is 4.61. The average molecular weight is 371 g/mol. The minimum Gasteiger partial charge on any atom is -0.379 e. The van der Waals surface area contributed by atoms with Gasteiger partial charge in [0.15, 0.2) is 0 Å². The van der Waals surface area contributed by atoms with Gasteiger partial charge in [-0.05, 0) is 50.1 Å². The van der Waals surface area contributed by atoms with E-state index in [0.717, 1.165) is 0 Å². The van der Waals surface area contributed by atoms with Crippen molar-refractivity contribution in [2.75, 3.05) is 11.9 Å². The molecule has 0 bridgehead atoms. The van der Waals surface area contributed by atoms with Gasteiger partial charge < -0.3 is 10.1 Å². The third kappa shape index (κ3) is 3.09. The number of aromatic nitrogens is 1. The van der Waals surface area contributed by atoms with Crippen LogP contribution in [0.3, 0.4) is 0 Å². The lowest BCUT2D eigenvalue weighted by molar-refractivity contribution is -0.183. The van der Waals surface area contributed by atoms with Crippen LogP contribution in [0.1, 0.15) is 31.4 Å². The molecule has 3 rings (SSSR count). The summed E-state index contributed by atoms with van der Waals surface area (Å²) in [6.45, 7) is 3.56. The molecule has 1 atom stereocenters. The van der Waals surface area contributed by atoms with Crippen molar-refractivity contribution in [1.29, 1.82) is 0 Å².